The smallest absolute Gasteiger partial charge is 0.343 e. The molecule has 73 heavy (non-hydrogen) atoms. The maximum absolute atomic E-state index is 15.4. The monoisotopic (exact) mass is 1020 g/mol. The first-order chi connectivity index (χ1) is 35.3. The van der Waals surface area contributed by atoms with Crippen LogP contribution in [0.2, 0.25) is 0 Å². The third-order valence-electron chi connectivity index (χ3n) is 13.2. The van der Waals surface area contributed by atoms with Gasteiger partial charge in [-0.3, -0.25) is 4.57 Å². The fourth-order valence-corrected chi connectivity index (χ4v) is 16.7. The van der Waals surface area contributed by atoms with Crippen LogP contribution in [0, 0.1) is 6.92 Å². The van der Waals surface area contributed by atoms with E-state index in [4.69, 9.17) is 18.7 Å². The Hall–Kier alpha value is -8.12. The van der Waals surface area contributed by atoms with E-state index in [2.05, 4.69) is 0 Å². The second-order valence-corrected chi connectivity index (χ2v) is 25.8. The van der Waals surface area contributed by atoms with Crippen LogP contribution in [-0.2, 0) is 19.9 Å². The highest BCUT2D eigenvalue weighted by Crippen LogP contribution is 2.57. The zero-order valence-corrected chi connectivity index (χ0v) is 42.0. The summed E-state index contributed by atoms with van der Waals surface area (Å²) in [6, 6.07) is 60.4. The molecule has 0 aliphatic carbocycles. The summed E-state index contributed by atoms with van der Waals surface area (Å²) in [4.78, 5) is 41.0. The highest BCUT2D eigenvalue weighted by Gasteiger charge is 2.41. The van der Waals surface area contributed by atoms with Gasteiger partial charge in [-0.15, -0.1) is 0 Å². The van der Waals surface area contributed by atoms with Gasteiger partial charge in [0.2, 0.25) is 0 Å². The number of fused-ring (bicyclic) bond motifs is 6. The van der Waals surface area contributed by atoms with Gasteiger partial charge in [0.25, 0.3) is 0 Å². The summed E-state index contributed by atoms with van der Waals surface area (Å²) in [5.41, 5.74) is 5.82. The van der Waals surface area contributed by atoms with Crippen LogP contribution in [0.25, 0.3) is 22.3 Å². The predicted molar refractivity (Wildman–Crippen MR) is 286 cm³/mol. The number of carbonyl (C=O) groups is 3. The van der Waals surface area contributed by atoms with E-state index in [0.717, 1.165) is 33.1 Å². The van der Waals surface area contributed by atoms with Crippen LogP contribution in [0.5, 0.6) is 23.0 Å². The van der Waals surface area contributed by atoms with Crippen molar-refractivity contribution in [3.05, 3.63) is 240 Å². The fourth-order valence-electron chi connectivity index (χ4n) is 9.41. The summed E-state index contributed by atoms with van der Waals surface area (Å²) in [5.74, 6) is -1.54. The van der Waals surface area contributed by atoms with Gasteiger partial charge in [-0.25, -0.2) is 14.4 Å². The molecular weight excluding hydrogens is 974 g/mol. The van der Waals surface area contributed by atoms with Crippen LogP contribution in [-0.4, -0.2) is 24.6 Å². The summed E-state index contributed by atoms with van der Waals surface area (Å²) in [7, 11) is -10.6. The van der Waals surface area contributed by atoms with Gasteiger partial charge in [0.1, 0.15) is 30.1 Å². The Morgan fingerprint density at radius 2 is 0.959 bits per heavy atom. The number of carbonyl (C=O) groups excluding carboxylic acids is 3. The minimum atomic E-state index is -4.06. The molecule has 2 aliphatic heterocycles. The molecule has 0 radical (unpaired) electrons. The number of aryl methyl sites for hydroxylation is 1. The molecule has 0 N–H and O–H groups in total. The van der Waals surface area contributed by atoms with Crippen molar-refractivity contribution in [1.82, 2.24) is 0 Å². The average Bonchev–Trinajstić information content (AvgIpc) is 3.42. The molecule has 0 spiro atoms. The average molecular weight is 1020 g/mol. The van der Waals surface area contributed by atoms with Crippen molar-refractivity contribution < 1.29 is 46.8 Å². The normalized spacial score (nSPS) is 17.0. The van der Waals surface area contributed by atoms with Crippen LogP contribution >= 0.6 is 21.7 Å². The molecule has 9 aromatic rings. The minimum absolute atomic E-state index is 0.0106. The SMILES string of the molecule is Cc1ccc(OC(=O)c2ccc(P(C)(=O)c3ccc(C(=O)Oc4ccc(OC(=O)c5ccccc5)c(P5(=O)Oc6ccccc6-c6ccccc65)c4)cc3)cc2)c(P2(=O)Cc3ccccc3-c3ccccc32)c1. The lowest BCUT2D eigenvalue weighted by atomic mass is 10.0. The lowest BCUT2D eigenvalue weighted by Gasteiger charge is -2.29. The van der Waals surface area contributed by atoms with Crippen molar-refractivity contribution in [3.8, 4) is 45.3 Å². The number of esters is 3. The number of hydrogen-bond acceptors (Lipinski definition) is 10. The number of hydrogen-bond donors (Lipinski definition) is 0. The molecule has 9 aromatic carbocycles. The van der Waals surface area contributed by atoms with Crippen LogP contribution < -0.4 is 50.6 Å². The quantitative estimate of drug-likeness (QED) is 0.0739. The zero-order valence-electron chi connectivity index (χ0n) is 39.3. The molecule has 358 valence electrons. The second-order valence-electron chi connectivity index (χ2n) is 17.9. The van der Waals surface area contributed by atoms with E-state index in [1.165, 1.54) is 30.3 Å². The molecule has 0 aromatic heterocycles. The van der Waals surface area contributed by atoms with Crippen LogP contribution in [0.1, 0.15) is 42.2 Å². The van der Waals surface area contributed by atoms with Gasteiger partial charge in [0.15, 0.2) is 7.14 Å². The summed E-state index contributed by atoms with van der Waals surface area (Å²) in [6.45, 7) is 3.51. The highest BCUT2D eigenvalue weighted by atomic mass is 31.2. The van der Waals surface area contributed by atoms with Crippen molar-refractivity contribution in [2.75, 3.05) is 6.66 Å². The van der Waals surface area contributed by atoms with Gasteiger partial charge in [-0.1, -0.05) is 139 Å². The zero-order chi connectivity index (χ0) is 50.5. The van der Waals surface area contributed by atoms with E-state index >= 15 is 9.13 Å². The Morgan fingerprint density at radius 1 is 0.466 bits per heavy atom. The molecule has 0 saturated carbocycles. The molecule has 3 unspecified atom stereocenters. The number of ether oxygens (including phenoxy) is 3. The van der Waals surface area contributed by atoms with Crippen molar-refractivity contribution in [3.63, 3.8) is 0 Å². The number of benzene rings is 9. The lowest BCUT2D eigenvalue weighted by molar-refractivity contribution is 0.0720. The first-order valence-electron chi connectivity index (χ1n) is 23.3. The van der Waals surface area contributed by atoms with Crippen LogP contribution in [0.4, 0.5) is 0 Å². The van der Waals surface area contributed by atoms with Crippen molar-refractivity contribution in [2.45, 2.75) is 13.1 Å². The van der Waals surface area contributed by atoms with E-state index in [9.17, 15) is 18.9 Å². The largest absolute Gasteiger partial charge is 0.436 e. The van der Waals surface area contributed by atoms with Gasteiger partial charge in [-0.05, 0) is 115 Å². The Balaban J connectivity index is 0.822. The van der Waals surface area contributed by atoms with Gasteiger partial charge in [0.05, 0.1) is 32.6 Å². The Bertz CT molecular complexity index is 3850. The maximum Gasteiger partial charge on any atom is 0.343 e. The van der Waals surface area contributed by atoms with Crippen molar-refractivity contribution >= 4 is 71.4 Å². The van der Waals surface area contributed by atoms with Gasteiger partial charge < -0.3 is 27.9 Å². The van der Waals surface area contributed by atoms with Crippen LogP contribution in [0.3, 0.4) is 0 Å². The molecule has 3 atom stereocenters. The summed E-state index contributed by atoms with van der Waals surface area (Å²) >= 11 is 0. The summed E-state index contributed by atoms with van der Waals surface area (Å²) < 4.78 is 69.3. The van der Waals surface area contributed by atoms with Gasteiger partial charge in [-0.2, -0.15) is 0 Å². The van der Waals surface area contributed by atoms with Crippen molar-refractivity contribution in [2.24, 2.45) is 0 Å². The molecule has 0 amide bonds. The van der Waals surface area contributed by atoms with E-state index in [1.807, 2.05) is 91.9 Å². The number of para-hydroxylation sites is 1. The van der Waals surface area contributed by atoms with E-state index in [1.54, 1.807) is 104 Å². The third kappa shape index (κ3) is 8.68. The van der Waals surface area contributed by atoms with E-state index < -0.39 is 39.6 Å². The predicted octanol–water partition coefficient (Wildman–Crippen LogP) is 11.4. The number of rotatable bonds is 10. The van der Waals surface area contributed by atoms with Gasteiger partial charge >= 0.3 is 25.3 Å². The molecule has 0 fully saturated rings. The first-order valence-corrected chi connectivity index (χ1v) is 29.0. The molecule has 0 bridgehead atoms. The standard InChI is InChI=1S/C60H43O10P3/c1-39-24-34-52(56(36-39)72(65)38-43-16-6-7-17-47(43)49-19-9-12-22-54(49)72)68-60(63)42-27-32-46(33-28-42)71(2,64)45-30-25-41(26-31-45)58(61)67-44-29-35-53(69-59(62)40-14-4-3-5-15-40)57(37-44)73(66)55-23-13-10-20-50(55)48-18-8-11-21-51(48)70-73/h3-37H,38H2,1-2H3. The molecule has 2 heterocycles. The van der Waals surface area contributed by atoms with Crippen LogP contribution in [0.15, 0.2) is 212 Å². The Labute approximate surface area is 421 Å². The Kier molecular flexibility index (Phi) is 12.2. The fraction of sp³-hybridized carbons (Fsp3) is 0.0500. The summed E-state index contributed by atoms with van der Waals surface area (Å²) in [6.07, 6.45) is 0.285. The molecule has 13 heteroatoms. The third-order valence-corrected chi connectivity index (χ3v) is 21.3. The highest BCUT2D eigenvalue weighted by molar-refractivity contribution is 7.78. The van der Waals surface area contributed by atoms with Gasteiger partial charge in [0, 0.05) is 27.6 Å². The molecule has 11 rings (SSSR count). The lowest BCUT2D eigenvalue weighted by Crippen LogP contribution is -2.27. The maximum atomic E-state index is 15.4. The molecule has 2 aliphatic rings. The first kappa shape index (κ1) is 47.2. The minimum Gasteiger partial charge on any atom is -0.436 e. The topological polar surface area (TPSA) is 139 Å². The molecular formula is C60H43O10P3. The second kappa shape index (κ2) is 18.8. The summed E-state index contributed by atoms with van der Waals surface area (Å²) in [5, 5.41) is 2.49. The van der Waals surface area contributed by atoms with E-state index in [-0.39, 0.29) is 45.4 Å². The van der Waals surface area contributed by atoms with E-state index in [0.29, 0.717) is 32.5 Å². The van der Waals surface area contributed by atoms with Crippen molar-refractivity contribution in [1.29, 1.82) is 0 Å². The molecule has 10 nitrogen and oxygen atoms in total. The Morgan fingerprint density at radius 3 is 1.62 bits per heavy atom. The molecule has 0 saturated heterocycles.